The third-order valence-electron chi connectivity index (χ3n) is 4.38. The lowest BCUT2D eigenvalue weighted by atomic mass is 10.0. The molecule has 2 aromatic carbocycles. The highest BCUT2D eigenvalue weighted by Gasteiger charge is 2.10. The summed E-state index contributed by atoms with van der Waals surface area (Å²) in [5, 5.41) is 13.6. The minimum atomic E-state index is 0.149. The molecule has 0 bridgehead atoms. The Bertz CT molecular complexity index is 1020. The first-order chi connectivity index (χ1) is 12.2. The maximum Gasteiger partial charge on any atom is 0.162 e. The average Bonchev–Trinajstić information content (AvgIpc) is 3.06. The SMILES string of the molecule is Cc1ccc(-c2cnc3c(-c4cccc(CCO)c4)cnn3c2)cc1. The number of fused-ring (bicyclic) bond motifs is 1. The van der Waals surface area contributed by atoms with Gasteiger partial charge in [-0.25, -0.2) is 9.50 Å². The van der Waals surface area contributed by atoms with Gasteiger partial charge >= 0.3 is 0 Å². The van der Waals surface area contributed by atoms with E-state index in [-0.39, 0.29) is 6.61 Å². The van der Waals surface area contributed by atoms with Crippen molar-refractivity contribution in [3.05, 3.63) is 78.2 Å². The number of aliphatic hydroxyl groups is 1. The molecule has 124 valence electrons. The van der Waals surface area contributed by atoms with Crippen molar-refractivity contribution in [2.75, 3.05) is 6.61 Å². The second-order valence-electron chi connectivity index (χ2n) is 6.21. The zero-order valence-corrected chi connectivity index (χ0v) is 14.1. The Morgan fingerprint density at radius 1 is 0.960 bits per heavy atom. The molecule has 0 unspecified atom stereocenters. The summed E-state index contributed by atoms with van der Waals surface area (Å²) in [7, 11) is 0. The summed E-state index contributed by atoms with van der Waals surface area (Å²) < 4.78 is 1.82. The van der Waals surface area contributed by atoms with Crippen molar-refractivity contribution in [3.63, 3.8) is 0 Å². The van der Waals surface area contributed by atoms with Gasteiger partial charge in [0.25, 0.3) is 0 Å². The van der Waals surface area contributed by atoms with E-state index in [1.54, 1.807) is 0 Å². The van der Waals surface area contributed by atoms with E-state index in [9.17, 15) is 0 Å². The summed E-state index contributed by atoms with van der Waals surface area (Å²) in [6.45, 7) is 2.23. The van der Waals surface area contributed by atoms with E-state index in [1.165, 1.54) is 5.56 Å². The van der Waals surface area contributed by atoms with Crippen LogP contribution in [0.4, 0.5) is 0 Å². The molecule has 0 aliphatic heterocycles. The first-order valence-electron chi connectivity index (χ1n) is 8.35. The lowest BCUT2D eigenvalue weighted by Gasteiger charge is -2.05. The van der Waals surface area contributed by atoms with Crippen LogP contribution < -0.4 is 0 Å². The number of benzene rings is 2. The predicted molar refractivity (Wildman–Crippen MR) is 99.4 cm³/mol. The zero-order chi connectivity index (χ0) is 17.2. The van der Waals surface area contributed by atoms with Crippen LogP contribution in [0.3, 0.4) is 0 Å². The molecule has 0 atom stereocenters. The summed E-state index contributed by atoms with van der Waals surface area (Å²) in [6, 6.07) is 16.6. The van der Waals surface area contributed by atoms with Crippen molar-refractivity contribution in [1.29, 1.82) is 0 Å². The van der Waals surface area contributed by atoms with E-state index in [1.807, 2.05) is 41.3 Å². The van der Waals surface area contributed by atoms with E-state index in [0.717, 1.165) is 33.5 Å². The monoisotopic (exact) mass is 329 g/mol. The van der Waals surface area contributed by atoms with Gasteiger partial charge in [0.05, 0.1) is 6.20 Å². The standard InChI is InChI=1S/C21H19N3O/c1-15-5-7-17(8-6-15)19-12-22-21-20(13-23-24(21)14-19)18-4-2-3-16(11-18)9-10-25/h2-8,11-14,25H,9-10H2,1H3. The van der Waals surface area contributed by atoms with Gasteiger partial charge in [0, 0.05) is 30.1 Å². The predicted octanol–water partition coefficient (Wildman–Crippen LogP) is 3.91. The molecule has 0 radical (unpaired) electrons. The first-order valence-corrected chi connectivity index (χ1v) is 8.35. The Balaban J connectivity index is 1.75. The van der Waals surface area contributed by atoms with E-state index in [0.29, 0.717) is 6.42 Å². The van der Waals surface area contributed by atoms with Crippen LogP contribution in [0.15, 0.2) is 67.1 Å². The molecule has 0 aliphatic rings. The van der Waals surface area contributed by atoms with Crippen molar-refractivity contribution in [2.45, 2.75) is 13.3 Å². The third kappa shape index (κ3) is 3.04. The number of rotatable bonds is 4. The number of hydrogen-bond donors (Lipinski definition) is 1. The highest BCUT2D eigenvalue weighted by molar-refractivity contribution is 5.78. The lowest BCUT2D eigenvalue weighted by molar-refractivity contribution is 0.299. The largest absolute Gasteiger partial charge is 0.396 e. The molecule has 4 aromatic rings. The normalized spacial score (nSPS) is 11.1. The molecule has 2 aromatic heterocycles. The Morgan fingerprint density at radius 2 is 1.80 bits per heavy atom. The van der Waals surface area contributed by atoms with E-state index >= 15 is 0 Å². The Hall–Kier alpha value is -2.98. The number of aromatic nitrogens is 3. The van der Waals surface area contributed by atoms with Gasteiger partial charge in [-0.05, 0) is 30.0 Å². The van der Waals surface area contributed by atoms with Gasteiger partial charge in [0.2, 0.25) is 0 Å². The van der Waals surface area contributed by atoms with Crippen LogP contribution in [0.1, 0.15) is 11.1 Å². The van der Waals surface area contributed by atoms with Crippen LogP contribution in [0.25, 0.3) is 27.9 Å². The van der Waals surface area contributed by atoms with E-state index in [4.69, 9.17) is 5.11 Å². The molecule has 0 amide bonds. The highest BCUT2D eigenvalue weighted by Crippen LogP contribution is 2.26. The molecule has 4 heteroatoms. The number of hydrogen-bond acceptors (Lipinski definition) is 3. The molecule has 0 fully saturated rings. The topological polar surface area (TPSA) is 50.4 Å². The van der Waals surface area contributed by atoms with Crippen molar-refractivity contribution in [3.8, 4) is 22.3 Å². The molecule has 4 nitrogen and oxygen atoms in total. The van der Waals surface area contributed by atoms with Crippen LogP contribution in [0.5, 0.6) is 0 Å². The smallest absolute Gasteiger partial charge is 0.162 e. The average molecular weight is 329 g/mol. The quantitative estimate of drug-likeness (QED) is 0.617. The van der Waals surface area contributed by atoms with Crippen molar-refractivity contribution in [2.24, 2.45) is 0 Å². The Kier molecular flexibility index (Phi) is 4.04. The molecule has 0 spiro atoms. The van der Waals surface area contributed by atoms with Crippen LogP contribution >= 0.6 is 0 Å². The maximum atomic E-state index is 9.14. The molecule has 2 heterocycles. The van der Waals surface area contributed by atoms with E-state index in [2.05, 4.69) is 47.3 Å². The number of nitrogens with zero attached hydrogens (tertiary/aromatic N) is 3. The summed E-state index contributed by atoms with van der Waals surface area (Å²) in [5.41, 5.74) is 7.40. The van der Waals surface area contributed by atoms with Crippen LogP contribution in [-0.4, -0.2) is 26.3 Å². The minimum absolute atomic E-state index is 0.149. The maximum absolute atomic E-state index is 9.14. The van der Waals surface area contributed by atoms with Crippen molar-refractivity contribution < 1.29 is 5.11 Å². The van der Waals surface area contributed by atoms with Crippen LogP contribution in [0, 0.1) is 6.92 Å². The summed E-state index contributed by atoms with van der Waals surface area (Å²) in [6.07, 6.45) is 6.40. The van der Waals surface area contributed by atoms with Crippen LogP contribution in [0.2, 0.25) is 0 Å². The molecule has 4 rings (SSSR count). The molecular weight excluding hydrogens is 310 g/mol. The van der Waals surface area contributed by atoms with Gasteiger partial charge in [0.15, 0.2) is 5.65 Å². The molecule has 0 saturated carbocycles. The number of aliphatic hydroxyl groups excluding tert-OH is 1. The second kappa shape index (κ2) is 6.49. The fourth-order valence-electron chi connectivity index (χ4n) is 3.00. The van der Waals surface area contributed by atoms with Crippen molar-refractivity contribution >= 4 is 5.65 Å². The first kappa shape index (κ1) is 15.5. The van der Waals surface area contributed by atoms with Crippen LogP contribution in [-0.2, 0) is 6.42 Å². The highest BCUT2D eigenvalue weighted by atomic mass is 16.2. The van der Waals surface area contributed by atoms with Gasteiger partial charge < -0.3 is 5.11 Å². The fraction of sp³-hybridized carbons (Fsp3) is 0.143. The van der Waals surface area contributed by atoms with Gasteiger partial charge in [-0.2, -0.15) is 5.10 Å². The molecular formula is C21H19N3O. The minimum Gasteiger partial charge on any atom is -0.396 e. The molecule has 0 saturated heterocycles. The number of aryl methyl sites for hydroxylation is 1. The van der Waals surface area contributed by atoms with Gasteiger partial charge in [0.1, 0.15) is 0 Å². The third-order valence-corrected chi connectivity index (χ3v) is 4.38. The summed E-state index contributed by atoms with van der Waals surface area (Å²) in [5.74, 6) is 0. The van der Waals surface area contributed by atoms with Gasteiger partial charge in [-0.1, -0.05) is 54.1 Å². The van der Waals surface area contributed by atoms with Gasteiger partial charge in [-0.15, -0.1) is 0 Å². The Morgan fingerprint density at radius 3 is 2.60 bits per heavy atom. The second-order valence-corrected chi connectivity index (χ2v) is 6.21. The lowest BCUT2D eigenvalue weighted by Crippen LogP contribution is -1.93. The summed E-state index contributed by atoms with van der Waals surface area (Å²) in [4.78, 5) is 4.64. The Labute approximate surface area is 146 Å². The molecule has 0 aliphatic carbocycles. The van der Waals surface area contributed by atoms with Crippen molar-refractivity contribution in [1.82, 2.24) is 14.6 Å². The summed E-state index contributed by atoms with van der Waals surface area (Å²) >= 11 is 0. The fourth-order valence-corrected chi connectivity index (χ4v) is 3.00. The molecule has 1 N–H and O–H groups in total. The molecule has 25 heavy (non-hydrogen) atoms. The zero-order valence-electron chi connectivity index (χ0n) is 14.1. The van der Waals surface area contributed by atoms with Gasteiger partial charge in [-0.3, -0.25) is 0 Å². The van der Waals surface area contributed by atoms with E-state index < -0.39 is 0 Å².